The van der Waals surface area contributed by atoms with Crippen molar-refractivity contribution < 1.29 is 27.0 Å². The van der Waals surface area contributed by atoms with Gasteiger partial charge in [0.15, 0.2) is 0 Å². The summed E-state index contributed by atoms with van der Waals surface area (Å²) >= 11 is 0. The fourth-order valence-electron chi connectivity index (χ4n) is 3.54. The van der Waals surface area contributed by atoms with Crippen molar-refractivity contribution in [3.8, 4) is 0 Å². The van der Waals surface area contributed by atoms with Crippen molar-refractivity contribution in [2.75, 3.05) is 6.54 Å². The van der Waals surface area contributed by atoms with Gasteiger partial charge >= 0.3 is 22.1 Å². The Bertz CT molecular complexity index is 996. The van der Waals surface area contributed by atoms with E-state index in [1.54, 1.807) is 18.2 Å². The molecule has 2 bridgehead atoms. The Morgan fingerprint density at radius 1 is 1.00 bits per heavy atom. The van der Waals surface area contributed by atoms with Gasteiger partial charge in [0.2, 0.25) is 0 Å². The summed E-state index contributed by atoms with van der Waals surface area (Å²) in [6, 6.07) is 15.0. The molecular formula is C20H20N2O6S. The van der Waals surface area contributed by atoms with Crippen LogP contribution < -0.4 is 0 Å². The number of esters is 1. The lowest BCUT2D eigenvalue weighted by molar-refractivity contribution is -0.151. The van der Waals surface area contributed by atoms with Crippen LogP contribution in [0.15, 0.2) is 65.6 Å². The van der Waals surface area contributed by atoms with Crippen LogP contribution in [0.4, 0.5) is 4.79 Å². The molecule has 0 unspecified atom stereocenters. The highest BCUT2D eigenvalue weighted by atomic mass is 32.2. The van der Waals surface area contributed by atoms with Crippen LogP contribution in [0.1, 0.15) is 18.4 Å². The summed E-state index contributed by atoms with van der Waals surface area (Å²) in [5.41, 5.74) is 0.848. The van der Waals surface area contributed by atoms with Crippen LogP contribution in [0.2, 0.25) is 0 Å². The lowest BCUT2D eigenvalue weighted by Gasteiger charge is -2.28. The van der Waals surface area contributed by atoms with Crippen molar-refractivity contribution in [3.05, 3.63) is 66.2 Å². The van der Waals surface area contributed by atoms with Gasteiger partial charge < -0.3 is 9.64 Å². The zero-order chi connectivity index (χ0) is 20.4. The highest BCUT2D eigenvalue weighted by Crippen LogP contribution is 2.32. The molecule has 0 aliphatic carbocycles. The maximum Gasteiger partial charge on any atom is 0.346 e. The van der Waals surface area contributed by atoms with Crippen LogP contribution in [0.25, 0.3) is 0 Å². The number of piperidine rings is 1. The van der Waals surface area contributed by atoms with E-state index in [2.05, 4.69) is 0 Å². The number of hydroxylamine groups is 2. The maximum absolute atomic E-state index is 12.7. The molecule has 2 aromatic rings. The highest BCUT2D eigenvalue weighted by Gasteiger charge is 2.50. The molecule has 0 saturated carbocycles. The molecule has 2 heterocycles. The number of benzene rings is 2. The van der Waals surface area contributed by atoms with Crippen molar-refractivity contribution in [2.45, 2.75) is 36.4 Å². The monoisotopic (exact) mass is 416 g/mol. The molecule has 9 heteroatoms. The minimum atomic E-state index is -4.14. The second-order valence-corrected chi connectivity index (χ2v) is 8.47. The Morgan fingerprint density at radius 3 is 2.34 bits per heavy atom. The summed E-state index contributed by atoms with van der Waals surface area (Å²) in [4.78, 5) is 26.5. The summed E-state index contributed by atoms with van der Waals surface area (Å²) < 4.78 is 35.4. The second-order valence-electron chi connectivity index (χ2n) is 6.94. The largest absolute Gasteiger partial charge is 0.459 e. The highest BCUT2D eigenvalue weighted by molar-refractivity contribution is 7.86. The second kappa shape index (κ2) is 7.84. The SMILES string of the molecule is O=C(OCc1ccccc1)[C@H]1CC[C@@H]2CN1C(=O)N2OS(=O)(=O)c1ccccc1. The summed E-state index contributed by atoms with van der Waals surface area (Å²) in [5.74, 6) is -0.506. The predicted molar refractivity (Wildman–Crippen MR) is 102 cm³/mol. The van der Waals surface area contributed by atoms with E-state index in [9.17, 15) is 18.0 Å². The van der Waals surface area contributed by atoms with Crippen molar-refractivity contribution >= 4 is 22.1 Å². The Kier molecular flexibility index (Phi) is 5.25. The van der Waals surface area contributed by atoms with Gasteiger partial charge in [0.05, 0.1) is 10.9 Å². The molecule has 0 radical (unpaired) electrons. The number of hydrogen-bond donors (Lipinski definition) is 0. The first-order chi connectivity index (χ1) is 14.0. The van der Waals surface area contributed by atoms with Crippen molar-refractivity contribution in [1.82, 2.24) is 9.96 Å². The number of carbonyl (C=O) groups excluding carboxylic acids is 2. The quantitative estimate of drug-likeness (QED) is 0.671. The van der Waals surface area contributed by atoms with E-state index in [1.807, 2.05) is 30.3 Å². The average molecular weight is 416 g/mol. The number of amides is 2. The molecule has 2 aromatic carbocycles. The first-order valence-corrected chi connectivity index (χ1v) is 10.7. The lowest BCUT2D eigenvalue weighted by atomic mass is 10.0. The Morgan fingerprint density at radius 2 is 1.66 bits per heavy atom. The average Bonchev–Trinajstić information content (AvgIpc) is 2.98. The fourth-order valence-corrected chi connectivity index (χ4v) is 4.51. The molecule has 0 N–H and O–H groups in total. The van der Waals surface area contributed by atoms with E-state index in [0.29, 0.717) is 12.8 Å². The predicted octanol–water partition coefficient (Wildman–Crippen LogP) is 2.32. The van der Waals surface area contributed by atoms with Crippen LogP contribution in [-0.2, 0) is 30.5 Å². The minimum Gasteiger partial charge on any atom is -0.459 e. The summed E-state index contributed by atoms with van der Waals surface area (Å²) in [6.07, 6.45) is 0.826. The fraction of sp³-hybridized carbons (Fsp3) is 0.300. The molecule has 0 aromatic heterocycles. The van der Waals surface area contributed by atoms with Gasteiger partial charge in [-0.1, -0.05) is 48.5 Å². The van der Waals surface area contributed by atoms with Crippen LogP contribution >= 0.6 is 0 Å². The molecule has 4 rings (SSSR count). The Balaban J connectivity index is 1.43. The van der Waals surface area contributed by atoms with E-state index < -0.39 is 34.2 Å². The molecule has 2 fully saturated rings. The zero-order valence-electron chi connectivity index (χ0n) is 15.5. The number of carbonyl (C=O) groups is 2. The molecule has 2 aliphatic rings. The van der Waals surface area contributed by atoms with Gasteiger partial charge in [-0.2, -0.15) is 13.5 Å². The van der Waals surface area contributed by atoms with Crippen molar-refractivity contribution in [3.63, 3.8) is 0 Å². The number of fused-ring (bicyclic) bond motifs is 2. The number of ether oxygens (including phenoxy) is 1. The van der Waals surface area contributed by atoms with E-state index >= 15 is 0 Å². The van der Waals surface area contributed by atoms with E-state index in [4.69, 9.17) is 9.02 Å². The standard InChI is InChI=1S/C20H20N2O6S/c23-19(27-14-15-7-3-1-4-8-15)18-12-11-16-13-21(18)20(24)22(16)28-29(25,26)17-9-5-2-6-10-17/h1-10,16,18H,11-14H2/t16-,18-/m1/s1. The van der Waals surface area contributed by atoms with Crippen LogP contribution in [0.5, 0.6) is 0 Å². The maximum atomic E-state index is 12.7. The number of rotatable bonds is 6. The zero-order valence-corrected chi connectivity index (χ0v) is 16.3. The van der Waals surface area contributed by atoms with Gasteiger partial charge in [-0.15, -0.1) is 4.28 Å². The third-order valence-corrected chi connectivity index (χ3v) is 6.24. The molecule has 2 amide bonds. The van der Waals surface area contributed by atoms with Crippen molar-refractivity contribution in [1.29, 1.82) is 0 Å². The summed E-state index contributed by atoms with van der Waals surface area (Å²) in [6.45, 7) is 0.332. The van der Waals surface area contributed by atoms with E-state index in [-0.39, 0.29) is 18.0 Å². The smallest absolute Gasteiger partial charge is 0.346 e. The first kappa shape index (κ1) is 19.4. The molecular weight excluding hydrogens is 396 g/mol. The molecule has 0 spiro atoms. The molecule has 2 saturated heterocycles. The molecule has 2 atom stereocenters. The normalized spacial score (nSPS) is 21.3. The third-order valence-electron chi connectivity index (χ3n) is 5.03. The third kappa shape index (κ3) is 3.96. The summed E-state index contributed by atoms with van der Waals surface area (Å²) in [7, 11) is -4.14. The van der Waals surface area contributed by atoms with Gasteiger partial charge in [0.1, 0.15) is 12.6 Å². The van der Waals surface area contributed by atoms with Gasteiger partial charge in [0.25, 0.3) is 0 Å². The van der Waals surface area contributed by atoms with Gasteiger partial charge in [0, 0.05) is 6.54 Å². The topological polar surface area (TPSA) is 93.2 Å². The number of nitrogens with zero attached hydrogens (tertiary/aromatic N) is 2. The Labute approximate surface area is 168 Å². The first-order valence-electron chi connectivity index (χ1n) is 9.26. The Hall–Kier alpha value is -2.91. The molecule has 29 heavy (non-hydrogen) atoms. The van der Waals surface area contributed by atoms with E-state index in [0.717, 1.165) is 10.6 Å². The lowest BCUT2D eigenvalue weighted by Crippen LogP contribution is -2.45. The van der Waals surface area contributed by atoms with Crippen molar-refractivity contribution in [2.24, 2.45) is 0 Å². The number of urea groups is 1. The summed E-state index contributed by atoms with van der Waals surface area (Å²) in [5, 5.41) is 0.868. The van der Waals surface area contributed by atoms with E-state index in [1.165, 1.54) is 17.0 Å². The van der Waals surface area contributed by atoms with Crippen LogP contribution in [0.3, 0.4) is 0 Å². The van der Waals surface area contributed by atoms with Crippen LogP contribution in [-0.4, -0.2) is 49.0 Å². The molecule has 152 valence electrons. The van der Waals surface area contributed by atoms with Gasteiger partial charge in [-0.3, -0.25) is 0 Å². The van der Waals surface area contributed by atoms with Crippen LogP contribution in [0, 0.1) is 0 Å². The molecule has 8 nitrogen and oxygen atoms in total. The van der Waals surface area contributed by atoms with Gasteiger partial charge in [-0.25, -0.2) is 9.59 Å². The van der Waals surface area contributed by atoms with Gasteiger partial charge in [-0.05, 0) is 30.5 Å². The minimum absolute atomic E-state index is 0.0388. The molecule has 2 aliphatic heterocycles. The number of hydrogen-bond acceptors (Lipinski definition) is 6.